The fourth-order valence-electron chi connectivity index (χ4n) is 1.94. The molecule has 6 heteroatoms. The Bertz CT molecular complexity index is 252. The van der Waals surface area contributed by atoms with Crippen molar-refractivity contribution in [2.45, 2.75) is 31.7 Å². The zero-order valence-corrected chi connectivity index (χ0v) is 13.3. The molecule has 0 saturated heterocycles. The molecule has 0 rings (SSSR count). The number of carbonyl (C=O) groups excluding carboxylic acids is 1. The highest BCUT2D eigenvalue weighted by Crippen LogP contribution is 2.12. The summed E-state index contributed by atoms with van der Waals surface area (Å²) in [7, 11) is 4.76. The van der Waals surface area contributed by atoms with Crippen LogP contribution in [0.4, 0.5) is 0 Å². The van der Waals surface area contributed by atoms with E-state index in [0.717, 1.165) is 32.5 Å². The van der Waals surface area contributed by atoms with Crippen molar-refractivity contribution in [2.75, 3.05) is 54.2 Å². The Morgan fingerprint density at radius 3 is 2.05 bits per heavy atom. The maximum Gasteiger partial charge on any atom is 0.325 e. The fourth-order valence-corrected chi connectivity index (χ4v) is 1.94. The van der Waals surface area contributed by atoms with E-state index in [-0.39, 0.29) is 5.97 Å². The molecule has 6 nitrogen and oxygen atoms in total. The van der Waals surface area contributed by atoms with Crippen molar-refractivity contribution in [1.29, 1.82) is 0 Å². The number of hydrogen-bond acceptors (Lipinski definition) is 6. The zero-order chi connectivity index (χ0) is 15.4. The highest BCUT2D eigenvalue weighted by Gasteiger charge is 2.28. The molecule has 0 heterocycles. The summed E-state index contributed by atoms with van der Waals surface area (Å²) >= 11 is 0. The van der Waals surface area contributed by atoms with Gasteiger partial charge in [0.15, 0.2) is 0 Å². The number of ether oxygens (including phenoxy) is 3. The van der Waals surface area contributed by atoms with Crippen molar-refractivity contribution in [3.63, 3.8) is 0 Å². The van der Waals surface area contributed by atoms with Gasteiger partial charge >= 0.3 is 5.97 Å². The number of nitrogens with zero attached hydrogens (tertiary/aromatic N) is 1. The molecule has 0 aromatic heterocycles. The van der Waals surface area contributed by atoms with Crippen molar-refractivity contribution >= 4 is 5.97 Å². The van der Waals surface area contributed by atoms with Crippen molar-refractivity contribution in [3.8, 4) is 0 Å². The highest BCUT2D eigenvalue weighted by atomic mass is 16.5. The van der Waals surface area contributed by atoms with Crippen LogP contribution in [0.3, 0.4) is 0 Å². The van der Waals surface area contributed by atoms with Gasteiger partial charge in [0.25, 0.3) is 0 Å². The molecule has 0 spiro atoms. The van der Waals surface area contributed by atoms with E-state index in [2.05, 4.69) is 4.90 Å². The van der Waals surface area contributed by atoms with Gasteiger partial charge in [0.2, 0.25) is 0 Å². The Morgan fingerprint density at radius 1 is 1.05 bits per heavy atom. The first-order chi connectivity index (χ1) is 9.47. The maximum absolute atomic E-state index is 11.5. The first-order valence-corrected chi connectivity index (χ1v) is 7.05. The molecule has 0 amide bonds. The Kier molecular flexibility index (Phi) is 10.6. The summed E-state index contributed by atoms with van der Waals surface area (Å²) < 4.78 is 14.9. The average Bonchev–Trinajstić information content (AvgIpc) is 2.44. The molecule has 0 fully saturated rings. The highest BCUT2D eigenvalue weighted by molar-refractivity contribution is 5.79. The lowest BCUT2D eigenvalue weighted by Crippen LogP contribution is -2.45. The van der Waals surface area contributed by atoms with Crippen LogP contribution in [0, 0.1) is 0 Å². The quantitative estimate of drug-likeness (QED) is 0.420. The Balaban J connectivity index is 3.94. The summed E-state index contributed by atoms with van der Waals surface area (Å²) in [6, 6.07) is 0. The van der Waals surface area contributed by atoms with E-state index >= 15 is 0 Å². The molecule has 120 valence electrons. The molecule has 20 heavy (non-hydrogen) atoms. The normalized spacial score (nSPS) is 14.3. The van der Waals surface area contributed by atoms with Gasteiger partial charge in [-0.25, -0.2) is 0 Å². The average molecular weight is 290 g/mol. The molecule has 0 aliphatic carbocycles. The third kappa shape index (κ3) is 8.47. The van der Waals surface area contributed by atoms with Gasteiger partial charge in [-0.3, -0.25) is 9.69 Å². The lowest BCUT2D eigenvalue weighted by molar-refractivity contribution is -0.146. The number of esters is 1. The first-order valence-electron chi connectivity index (χ1n) is 7.05. The molecule has 2 N–H and O–H groups in total. The molecule has 0 radical (unpaired) electrons. The molecule has 1 unspecified atom stereocenters. The second-order valence-corrected chi connectivity index (χ2v) is 5.19. The van der Waals surface area contributed by atoms with Crippen LogP contribution < -0.4 is 5.73 Å². The molecule has 0 aliphatic heterocycles. The van der Waals surface area contributed by atoms with Gasteiger partial charge < -0.3 is 19.9 Å². The molecule has 0 aromatic rings. The number of carbonyl (C=O) groups is 1. The van der Waals surface area contributed by atoms with E-state index in [1.807, 2.05) is 0 Å². The lowest BCUT2D eigenvalue weighted by Gasteiger charge is -2.24. The standard InChI is InChI=1S/C14H30N2O4/c1-14(15,13(17)20-4)7-5-6-8-16(9-11-18-2)10-12-19-3/h5-12,15H2,1-4H3. The number of unbranched alkanes of at least 4 members (excludes halogenated alkanes) is 1. The molecule has 0 saturated carbocycles. The Hall–Kier alpha value is -0.690. The number of methoxy groups -OCH3 is 3. The van der Waals surface area contributed by atoms with Crippen LogP contribution in [0.15, 0.2) is 0 Å². The number of rotatable bonds is 12. The van der Waals surface area contributed by atoms with Gasteiger partial charge in [-0.15, -0.1) is 0 Å². The van der Waals surface area contributed by atoms with E-state index in [1.54, 1.807) is 21.1 Å². The summed E-state index contributed by atoms with van der Waals surface area (Å²) in [4.78, 5) is 13.7. The Morgan fingerprint density at radius 2 is 1.60 bits per heavy atom. The topological polar surface area (TPSA) is 74.0 Å². The minimum atomic E-state index is -0.890. The van der Waals surface area contributed by atoms with Gasteiger partial charge in [0.05, 0.1) is 20.3 Å². The van der Waals surface area contributed by atoms with E-state index in [9.17, 15) is 4.79 Å². The van der Waals surface area contributed by atoms with Gasteiger partial charge in [-0.05, 0) is 32.7 Å². The second-order valence-electron chi connectivity index (χ2n) is 5.19. The van der Waals surface area contributed by atoms with Crippen molar-refractivity contribution in [3.05, 3.63) is 0 Å². The SMILES string of the molecule is COCCN(CCCCC(C)(N)C(=O)OC)CCOC. The fraction of sp³-hybridized carbons (Fsp3) is 0.929. The molecule has 1 atom stereocenters. The maximum atomic E-state index is 11.5. The molecule has 0 bridgehead atoms. The second kappa shape index (κ2) is 11.0. The summed E-state index contributed by atoms with van der Waals surface area (Å²) in [6.07, 6.45) is 2.50. The predicted octanol–water partition coefficient (Wildman–Crippen LogP) is 0.642. The van der Waals surface area contributed by atoms with E-state index in [4.69, 9.17) is 19.9 Å². The van der Waals surface area contributed by atoms with Crippen LogP contribution in [0.2, 0.25) is 0 Å². The van der Waals surface area contributed by atoms with Crippen molar-refractivity contribution < 1.29 is 19.0 Å². The van der Waals surface area contributed by atoms with Crippen LogP contribution in [0.25, 0.3) is 0 Å². The van der Waals surface area contributed by atoms with E-state index < -0.39 is 5.54 Å². The van der Waals surface area contributed by atoms with Crippen LogP contribution in [-0.4, -0.2) is 70.6 Å². The minimum absolute atomic E-state index is 0.354. The summed E-state index contributed by atoms with van der Waals surface area (Å²) in [6.45, 7) is 5.85. The van der Waals surface area contributed by atoms with Gasteiger partial charge in [0.1, 0.15) is 5.54 Å². The molecule has 0 aliphatic rings. The minimum Gasteiger partial charge on any atom is -0.468 e. The van der Waals surface area contributed by atoms with Crippen LogP contribution in [0.5, 0.6) is 0 Å². The largest absolute Gasteiger partial charge is 0.468 e. The molecular weight excluding hydrogens is 260 g/mol. The van der Waals surface area contributed by atoms with Crippen LogP contribution >= 0.6 is 0 Å². The smallest absolute Gasteiger partial charge is 0.325 e. The number of nitrogens with two attached hydrogens (primary N) is 1. The van der Waals surface area contributed by atoms with Crippen molar-refractivity contribution in [1.82, 2.24) is 4.90 Å². The summed E-state index contributed by atoms with van der Waals surface area (Å²) in [5.74, 6) is -0.354. The van der Waals surface area contributed by atoms with Gasteiger partial charge in [-0.1, -0.05) is 0 Å². The van der Waals surface area contributed by atoms with Crippen LogP contribution in [0.1, 0.15) is 26.2 Å². The van der Waals surface area contributed by atoms with Gasteiger partial charge in [-0.2, -0.15) is 0 Å². The first kappa shape index (κ1) is 19.3. The van der Waals surface area contributed by atoms with Gasteiger partial charge in [0, 0.05) is 27.3 Å². The lowest BCUT2D eigenvalue weighted by atomic mass is 9.96. The summed E-state index contributed by atoms with van der Waals surface area (Å²) in [5, 5.41) is 0. The zero-order valence-electron chi connectivity index (χ0n) is 13.3. The predicted molar refractivity (Wildman–Crippen MR) is 78.7 cm³/mol. The monoisotopic (exact) mass is 290 g/mol. The third-order valence-corrected chi connectivity index (χ3v) is 3.30. The third-order valence-electron chi connectivity index (χ3n) is 3.30. The van der Waals surface area contributed by atoms with E-state index in [1.165, 1.54) is 7.11 Å². The number of hydrogen-bond donors (Lipinski definition) is 1. The van der Waals surface area contributed by atoms with E-state index in [0.29, 0.717) is 19.6 Å². The van der Waals surface area contributed by atoms with Crippen LogP contribution in [-0.2, 0) is 19.0 Å². The Labute approximate surface area is 122 Å². The molecule has 0 aromatic carbocycles. The molecular formula is C14H30N2O4. The summed E-state index contributed by atoms with van der Waals surface area (Å²) in [5.41, 5.74) is 5.03. The van der Waals surface area contributed by atoms with Crippen molar-refractivity contribution in [2.24, 2.45) is 5.73 Å².